The molecule has 1 saturated heterocycles. The molecule has 0 bridgehead atoms. The number of para-hydroxylation sites is 2. The fourth-order valence-corrected chi connectivity index (χ4v) is 3.33. The van der Waals surface area contributed by atoms with Crippen LogP contribution in [0.3, 0.4) is 0 Å². The zero-order valence-corrected chi connectivity index (χ0v) is 15.9. The minimum Gasteiger partial charge on any atom is -0.455 e. The number of oxime groups is 1. The van der Waals surface area contributed by atoms with Gasteiger partial charge in [-0.05, 0) is 31.2 Å². The van der Waals surface area contributed by atoms with E-state index in [1.807, 2.05) is 53.4 Å². The lowest BCUT2D eigenvalue weighted by Crippen LogP contribution is -2.49. The molecular formula is C22H23N3O3. The summed E-state index contributed by atoms with van der Waals surface area (Å²) >= 11 is 0. The molecule has 1 amide bonds. The van der Waals surface area contributed by atoms with Crippen molar-refractivity contribution in [1.29, 1.82) is 0 Å². The van der Waals surface area contributed by atoms with Crippen LogP contribution in [-0.2, 0) is 9.63 Å². The van der Waals surface area contributed by atoms with Crippen LogP contribution in [-0.4, -0.2) is 49.3 Å². The molecule has 0 saturated carbocycles. The molecule has 1 aliphatic heterocycles. The largest absolute Gasteiger partial charge is 0.455 e. The Balaban J connectivity index is 1.28. The Morgan fingerprint density at radius 2 is 1.75 bits per heavy atom. The molecular weight excluding hydrogens is 354 g/mol. The van der Waals surface area contributed by atoms with Gasteiger partial charge in [0.15, 0.2) is 12.4 Å². The van der Waals surface area contributed by atoms with Gasteiger partial charge in [0.2, 0.25) is 0 Å². The summed E-state index contributed by atoms with van der Waals surface area (Å²) in [4.78, 5) is 21.8. The first-order valence-corrected chi connectivity index (χ1v) is 9.44. The van der Waals surface area contributed by atoms with E-state index in [0.717, 1.165) is 24.1 Å². The number of fused-ring (bicyclic) bond motifs is 1. The standard InChI is InChI=1S/C22H23N3O3/c1-17(21-15-18-7-5-6-10-20(18)28-21)23-27-16-22(26)25-13-11-24(12-14-25)19-8-3-2-4-9-19/h2-10,15H,11-14,16H2,1H3. The lowest BCUT2D eigenvalue weighted by molar-refractivity contribution is -0.136. The molecule has 0 radical (unpaired) electrons. The molecule has 28 heavy (non-hydrogen) atoms. The molecule has 3 aromatic rings. The average Bonchev–Trinajstić information content (AvgIpc) is 3.19. The minimum absolute atomic E-state index is 0.0473. The van der Waals surface area contributed by atoms with E-state index < -0.39 is 0 Å². The normalized spacial score (nSPS) is 15.1. The molecule has 1 aromatic heterocycles. The van der Waals surface area contributed by atoms with E-state index in [9.17, 15) is 4.79 Å². The number of amides is 1. The highest BCUT2D eigenvalue weighted by atomic mass is 16.6. The Hall–Kier alpha value is -3.28. The van der Waals surface area contributed by atoms with Crippen molar-refractivity contribution in [3.05, 3.63) is 66.4 Å². The van der Waals surface area contributed by atoms with E-state index in [1.54, 1.807) is 6.92 Å². The fourth-order valence-electron chi connectivity index (χ4n) is 3.33. The van der Waals surface area contributed by atoms with Crippen LogP contribution in [0.5, 0.6) is 0 Å². The summed E-state index contributed by atoms with van der Waals surface area (Å²) in [7, 11) is 0. The Morgan fingerprint density at radius 3 is 2.50 bits per heavy atom. The number of nitrogens with zero attached hydrogens (tertiary/aromatic N) is 3. The highest BCUT2D eigenvalue weighted by molar-refractivity contribution is 5.99. The van der Waals surface area contributed by atoms with E-state index in [-0.39, 0.29) is 12.5 Å². The Bertz CT molecular complexity index is 940. The van der Waals surface area contributed by atoms with Gasteiger partial charge >= 0.3 is 0 Å². The van der Waals surface area contributed by atoms with Crippen LogP contribution in [0.25, 0.3) is 11.0 Å². The van der Waals surface area contributed by atoms with Crippen molar-refractivity contribution in [2.45, 2.75) is 6.92 Å². The lowest BCUT2D eigenvalue weighted by Gasteiger charge is -2.35. The van der Waals surface area contributed by atoms with Gasteiger partial charge in [0.05, 0.1) is 0 Å². The lowest BCUT2D eigenvalue weighted by atomic mass is 10.2. The van der Waals surface area contributed by atoms with Gasteiger partial charge in [0.25, 0.3) is 5.91 Å². The molecule has 0 aliphatic carbocycles. The van der Waals surface area contributed by atoms with Gasteiger partial charge in [-0.25, -0.2) is 0 Å². The number of carbonyl (C=O) groups is 1. The first kappa shape index (κ1) is 18.1. The maximum Gasteiger partial charge on any atom is 0.263 e. The van der Waals surface area contributed by atoms with E-state index in [2.05, 4.69) is 22.2 Å². The van der Waals surface area contributed by atoms with Crippen molar-refractivity contribution in [3.8, 4) is 0 Å². The molecule has 1 aliphatic rings. The SMILES string of the molecule is CC(=NOCC(=O)N1CCN(c2ccccc2)CC1)c1cc2ccccc2o1. The van der Waals surface area contributed by atoms with Gasteiger partial charge in [-0.15, -0.1) is 0 Å². The average molecular weight is 377 g/mol. The molecule has 0 N–H and O–H groups in total. The number of hydrogen-bond donors (Lipinski definition) is 0. The number of benzene rings is 2. The smallest absolute Gasteiger partial charge is 0.263 e. The van der Waals surface area contributed by atoms with Gasteiger partial charge < -0.3 is 19.1 Å². The number of hydrogen-bond acceptors (Lipinski definition) is 5. The van der Waals surface area contributed by atoms with Gasteiger partial charge in [-0.1, -0.05) is 41.6 Å². The molecule has 1 fully saturated rings. The molecule has 6 nitrogen and oxygen atoms in total. The monoisotopic (exact) mass is 377 g/mol. The van der Waals surface area contributed by atoms with Crippen LogP contribution in [0.1, 0.15) is 12.7 Å². The number of furan rings is 1. The molecule has 0 unspecified atom stereocenters. The summed E-state index contributed by atoms with van der Waals surface area (Å²) in [5, 5.41) is 5.07. The first-order valence-electron chi connectivity index (χ1n) is 9.44. The zero-order chi connectivity index (χ0) is 19.3. The van der Waals surface area contributed by atoms with E-state index in [4.69, 9.17) is 9.25 Å². The summed E-state index contributed by atoms with van der Waals surface area (Å²) in [6.07, 6.45) is 0. The topological polar surface area (TPSA) is 58.3 Å². The second kappa shape index (κ2) is 8.17. The van der Waals surface area contributed by atoms with Gasteiger partial charge in [-0.3, -0.25) is 4.79 Å². The Morgan fingerprint density at radius 1 is 1.04 bits per heavy atom. The highest BCUT2D eigenvalue weighted by Gasteiger charge is 2.21. The number of piperazine rings is 1. The Kier molecular flexibility index (Phi) is 5.28. The maximum atomic E-state index is 12.4. The van der Waals surface area contributed by atoms with Crippen LogP contribution in [0.15, 0.2) is 70.2 Å². The van der Waals surface area contributed by atoms with Crippen molar-refractivity contribution in [3.63, 3.8) is 0 Å². The molecule has 2 aromatic carbocycles. The van der Waals surface area contributed by atoms with Crippen molar-refractivity contribution < 1.29 is 14.0 Å². The van der Waals surface area contributed by atoms with Crippen LogP contribution in [0.4, 0.5) is 5.69 Å². The first-order chi connectivity index (χ1) is 13.7. The summed E-state index contributed by atoms with van der Waals surface area (Å²) < 4.78 is 5.75. The van der Waals surface area contributed by atoms with Crippen LogP contribution in [0.2, 0.25) is 0 Å². The van der Waals surface area contributed by atoms with Crippen molar-refractivity contribution in [2.75, 3.05) is 37.7 Å². The van der Waals surface area contributed by atoms with Crippen molar-refractivity contribution in [1.82, 2.24) is 4.90 Å². The van der Waals surface area contributed by atoms with Crippen molar-refractivity contribution in [2.24, 2.45) is 5.16 Å². The molecule has 0 spiro atoms. The van der Waals surface area contributed by atoms with Gasteiger partial charge in [0, 0.05) is 37.3 Å². The summed E-state index contributed by atoms with van der Waals surface area (Å²) in [5.74, 6) is 0.596. The Labute approximate surface area is 164 Å². The quantitative estimate of drug-likeness (QED) is 0.504. The van der Waals surface area contributed by atoms with Crippen molar-refractivity contribution >= 4 is 28.3 Å². The van der Waals surface area contributed by atoms with Gasteiger partial charge in [-0.2, -0.15) is 0 Å². The third-order valence-corrected chi connectivity index (χ3v) is 4.93. The number of anilines is 1. The van der Waals surface area contributed by atoms with E-state index >= 15 is 0 Å². The molecule has 0 atom stereocenters. The van der Waals surface area contributed by atoms with E-state index in [0.29, 0.717) is 24.6 Å². The molecule has 4 rings (SSSR count). The predicted octanol–water partition coefficient (Wildman–Crippen LogP) is 3.52. The third kappa shape index (κ3) is 4.01. The third-order valence-electron chi connectivity index (χ3n) is 4.93. The number of carbonyl (C=O) groups excluding carboxylic acids is 1. The number of rotatable bonds is 5. The predicted molar refractivity (Wildman–Crippen MR) is 110 cm³/mol. The minimum atomic E-state index is -0.0666. The van der Waals surface area contributed by atoms with E-state index in [1.165, 1.54) is 5.69 Å². The van der Waals surface area contributed by atoms with Gasteiger partial charge in [0.1, 0.15) is 11.3 Å². The molecule has 6 heteroatoms. The molecule has 2 heterocycles. The summed E-state index contributed by atoms with van der Waals surface area (Å²) in [6.45, 7) is 4.74. The highest BCUT2D eigenvalue weighted by Crippen LogP contribution is 2.19. The van der Waals surface area contributed by atoms with Crippen LogP contribution < -0.4 is 4.90 Å². The van der Waals surface area contributed by atoms with Crippen LogP contribution in [0, 0.1) is 0 Å². The summed E-state index contributed by atoms with van der Waals surface area (Å²) in [6, 6.07) is 19.9. The maximum absolute atomic E-state index is 12.4. The zero-order valence-electron chi connectivity index (χ0n) is 15.9. The fraction of sp³-hybridized carbons (Fsp3) is 0.273. The summed E-state index contributed by atoms with van der Waals surface area (Å²) in [5.41, 5.74) is 2.61. The second-order valence-corrected chi connectivity index (χ2v) is 6.80. The second-order valence-electron chi connectivity index (χ2n) is 6.80. The van der Waals surface area contributed by atoms with Crippen LogP contribution >= 0.6 is 0 Å². The molecule has 144 valence electrons.